The van der Waals surface area contributed by atoms with Gasteiger partial charge in [0.2, 0.25) is 5.95 Å². The Morgan fingerprint density at radius 3 is 1.50 bits per heavy atom. The van der Waals surface area contributed by atoms with Crippen molar-refractivity contribution in [2.24, 2.45) is 0 Å². The van der Waals surface area contributed by atoms with E-state index < -0.39 is 0 Å². The largest absolute Gasteiger partial charge is 0.278 e. The lowest BCUT2D eigenvalue weighted by molar-refractivity contribution is 0.661. The average Bonchev–Trinajstić information content (AvgIpc) is 4.13. The number of fused-ring (bicyclic) bond motifs is 9. The maximum absolute atomic E-state index is 5.31. The van der Waals surface area contributed by atoms with Crippen LogP contribution in [-0.2, 0) is 5.41 Å². The summed E-state index contributed by atoms with van der Waals surface area (Å²) in [6, 6.07) is 92.6. The van der Waals surface area contributed by atoms with E-state index in [4.69, 9.17) is 15.0 Å². The third-order valence-corrected chi connectivity index (χ3v) is 16.1. The number of aromatic nitrogens is 4. The van der Waals surface area contributed by atoms with Crippen molar-refractivity contribution in [3.05, 3.63) is 266 Å². The molecule has 0 saturated carbocycles. The summed E-state index contributed by atoms with van der Waals surface area (Å²) in [7, 11) is 0. The van der Waals surface area contributed by atoms with Gasteiger partial charge in [-0.25, -0.2) is 4.98 Å². The Labute approximate surface area is 440 Å². The van der Waals surface area contributed by atoms with Gasteiger partial charge in [0, 0.05) is 27.3 Å². The molecule has 0 fully saturated rings. The molecule has 4 nitrogen and oxygen atoms in total. The van der Waals surface area contributed by atoms with E-state index in [9.17, 15) is 0 Å². The summed E-state index contributed by atoms with van der Waals surface area (Å²) in [5.74, 6) is 1.84. The molecule has 0 atom stereocenters. The molecule has 0 amide bonds. The maximum atomic E-state index is 5.31. The van der Waals surface area contributed by atoms with E-state index >= 15 is 0 Å². The molecule has 15 rings (SSSR count). The SMILES string of the molecule is CC1(C)c2ccccc2-c2cc3c4cc(-c5cccc(-c6ccc(-c7cccc8ccccc78)c7c(-c8cccc9ccccc89)cccc67)c5)ccc4n(-c4nc(-c5ccccc5)nc(-c5ccccc5)n4)c3cc21. The lowest BCUT2D eigenvalue weighted by atomic mass is 9.82. The van der Waals surface area contributed by atoms with Gasteiger partial charge in [-0.3, -0.25) is 4.57 Å². The molecule has 76 heavy (non-hydrogen) atoms. The van der Waals surface area contributed by atoms with Crippen molar-refractivity contribution in [1.82, 2.24) is 19.5 Å². The highest BCUT2D eigenvalue weighted by atomic mass is 15.2. The van der Waals surface area contributed by atoms with E-state index in [2.05, 4.69) is 237 Å². The van der Waals surface area contributed by atoms with E-state index in [0.29, 0.717) is 17.6 Å². The molecule has 1 aliphatic carbocycles. The van der Waals surface area contributed by atoms with Crippen molar-refractivity contribution < 1.29 is 0 Å². The predicted octanol–water partition coefficient (Wildman–Crippen LogP) is 18.7. The second-order valence-corrected chi connectivity index (χ2v) is 20.7. The Hall–Kier alpha value is -9.77. The van der Waals surface area contributed by atoms with E-state index in [1.165, 1.54) is 82.4 Å². The third kappa shape index (κ3) is 6.88. The molecular formula is C72H48N4. The van der Waals surface area contributed by atoms with Crippen LogP contribution in [-0.4, -0.2) is 19.5 Å². The highest BCUT2D eigenvalue weighted by Gasteiger charge is 2.36. The minimum atomic E-state index is -0.205. The van der Waals surface area contributed by atoms with Gasteiger partial charge in [0.15, 0.2) is 11.6 Å². The fourth-order valence-electron chi connectivity index (χ4n) is 12.4. The fraction of sp³-hybridized carbons (Fsp3) is 0.0417. The molecule has 0 N–H and O–H groups in total. The standard InChI is InChI=1S/C72H48N4/c1-72(2)64-36-14-13-31-57(64)61-43-63-62-42-50(37-40-66(62)76(67(63)44-65(61)72)71-74-69(47-21-5-3-6-22-47)73-70(75-71)48-23-7-4-8-24-48)49-27-15-28-51(41-49)54-38-39-60(56-33-17-26-46-20-10-12-30-53(46)56)68-58(54)34-18-35-59(68)55-32-16-25-45-19-9-11-29-52(45)55/h3-44H,1-2H3. The number of hydrogen-bond acceptors (Lipinski definition) is 3. The molecule has 0 bridgehead atoms. The number of hydrogen-bond donors (Lipinski definition) is 0. The Bertz CT molecular complexity index is 4510. The zero-order chi connectivity index (χ0) is 50.5. The van der Waals surface area contributed by atoms with Gasteiger partial charge in [-0.05, 0) is 129 Å². The molecular weight excluding hydrogens is 921 g/mol. The minimum absolute atomic E-state index is 0.205. The highest BCUT2D eigenvalue weighted by Crippen LogP contribution is 2.52. The van der Waals surface area contributed by atoms with Crippen molar-refractivity contribution in [3.8, 4) is 84.4 Å². The molecule has 0 unspecified atom stereocenters. The molecule has 1 aliphatic rings. The lowest BCUT2D eigenvalue weighted by Gasteiger charge is -2.21. The molecule has 0 spiro atoms. The molecule has 2 heterocycles. The molecule has 4 heteroatoms. The Kier molecular flexibility index (Phi) is 9.88. The van der Waals surface area contributed by atoms with Gasteiger partial charge < -0.3 is 0 Å². The first-order valence-corrected chi connectivity index (χ1v) is 26.2. The van der Waals surface area contributed by atoms with Crippen molar-refractivity contribution >= 4 is 54.1 Å². The summed E-state index contributed by atoms with van der Waals surface area (Å²) >= 11 is 0. The van der Waals surface area contributed by atoms with Crippen LogP contribution < -0.4 is 0 Å². The second-order valence-electron chi connectivity index (χ2n) is 20.7. The van der Waals surface area contributed by atoms with Crippen LogP contribution in [0.5, 0.6) is 0 Å². The summed E-state index contributed by atoms with van der Waals surface area (Å²) in [4.78, 5) is 15.7. The number of rotatable bonds is 7. The third-order valence-electron chi connectivity index (χ3n) is 16.1. The van der Waals surface area contributed by atoms with Gasteiger partial charge in [0.05, 0.1) is 11.0 Å². The smallest absolute Gasteiger partial charge is 0.238 e. The van der Waals surface area contributed by atoms with Crippen molar-refractivity contribution in [2.75, 3.05) is 0 Å². The van der Waals surface area contributed by atoms with Gasteiger partial charge in [-0.15, -0.1) is 0 Å². The van der Waals surface area contributed by atoms with Crippen LogP contribution in [0.15, 0.2) is 255 Å². The highest BCUT2D eigenvalue weighted by molar-refractivity contribution is 6.17. The average molecular weight is 969 g/mol. The quantitative estimate of drug-likeness (QED) is 0.160. The van der Waals surface area contributed by atoms with E-state index in [0.717, 1.165) is 49.6 Å². The van der Waals surface area contributed by atoms with Crippen molar-refractivity contribution in [2.45, 2.75) is 19.3 Å². The van der Waals surface area contributed by atoms with Gasteiger partial charge >= 0.3 is 0 Å². The Morgan fingerprint density at radius 1 is 0.289 bits per heavy atom. The first-order chi connectivity index (χ1) is 37.4. The van der Waals surface area contributed by atoms with Crippen LogP contribution in [0.4, 0.5) is 0 Å². The summed E-state index contributed by atoms with van der Waals surface area (Å²) in [6.07, 6.45) is 0. The molecule has 0 radical (unpaired) electrons. The first-order valence-electron chi connectivity index (χ1n) is 26.2. The maximum Gasteiger partial charge on any atom is 0.238 e. The van der Waals surface area contributed by atoms with Gasteiger partial charge in [-0.2, -0.15) is 9.97 Å². The summed E-state index contributed by atoms with van der Waals surface area (Å²) < 4.78 is 2.27. The molecule has 2 aromatic heterocycles. The molecule has 0 saturated heterocycles. The van der Waals surface area contributed by atoms with Crippen molar-refractivity contribution in [3.63, 3.8) is 0 Å². The van der Waals surface area contributed by atoms with E-state index in [1.54, 1.807) is 0 Å². The predicted molar refractivity (Wildman–Crippen MR) is 317 cm³/mol. The van der Waals surface area contributed by atoms with Crippen molar-refractivity contribution in [1.29, 1.82) is 0 Å². The van der Waals surface area contributed by atoms with Crippen LogP contribution in [0.25, 0.3) is 138 Å². The van der Waals surface area contributed by atoms with Gasteiger partial charge in [0.25, 0.3) is 0 Å². The van der Waals surface area contributed by atoms with Crippen LogP contribution in [0.2, 0.25) is 0 Å². The number of nitrogens with zero attached hydrogens (tertiary/aromatic N) is 4. The zero-order valence-corrected chi connectivity index (χ0v) is 42.0. The normalized spacial score (nSPS) is 12.7. The summed E-state index contributed by atoms with van der Waals surface area (Å²) in [6.45, 7) is 4.69. The topological polar surface area (TPSA) is 43.6 Å². The molecule has 12 aromatic carbocycles. The van der Waals surface area contributed by atoms with Crippen LogP contribution in [0.1, 0.15) is 25.0 Å². The second kappa shape index (κ2) is 17.2. The van der Waals surface area contributed by atoms with Crippen LogP contribution in [0.3, 0.4) is 0 Å². The first kappa shape index (κ1) is 43.8. The van der Waals surface area contributed by atoms with E-state index in [-0.39, 0.29) is 5.41 Å². The Morgan fingerprint density at radius 2 is 0.789 bits per heavy atom. The fourth-order valence-corrected chi connectivity index (χ4v) is 12.4. The van der Waals surface area contributed by atoms with Gasteiger partial charge in [0.1, 0.15) is 0 Å². The van der Waals surface area contributed by atoms with Crippen LogP contribution >= 0.6 is 0 Å². The molecule has 356 valence electrons. The summed E-state index contributed by atoms with van der Waals surface area (Å²) in [5, 5.41) is 9.69. The zero-order valence-electron chi connectivity index (χ0n) is 42.0. The lowest BCUT2D eigenvalue weighted by Crippen LogP contribution is -2.15. The minimum Gasteiger partial charge on any atom is -0.278 e. The van der Waals surface area contributed by atoms with Gasteiger partial charge in [-0.1, -0.05) is 238 Å². The van der Waals surface area contributed by atoms with Crippen LogP contribution in [0, 0.1) is 0 Å². The van der Waals surface area contributed by atoms with E-state index in [1.807, 2.05) is 36.4 Å². The molecule has 14 aromatic rings. The monoisotopic (exact) mass is 968 g/mol. The number of benzene rings is 12. The Balaban J connectivity index is 0.943. The molecule has 0 aliphatic heterocycles. The summed E-state index contributed by atoms with van der Waals surface area (Å²) in [5.41, 5.74) is 18.5.